The van der Waals surface area contributed by atoms with Gasteiger partial charge in [0.05, 0.1) is 0 Å². The molecule has 0 amide bonds. The van der Waals surface area contributed by atoms with Gasteiger partial charge in [-0.3, -0.25) is 4.99 Å². The summed E-state index contributed by atoms with van der Waals surface area (Å²) in [7, 11) is 1.83. The summed E-state index contributed by atoms with van der Waals surface area (Å²) in [4.78, 5) is 4.39. The van der Waals surface area contributed by atoms with Crippen molar-refractivity contribution < 1.29 is 9.47 Å². The van der Waals surface area contributed by atoms with Crippen LogP contribution in [0, 0.1) is 12.8 Å². The molecular formula is C22H38IN3O2. The second-order valence-electron chi connectivity index (χ2n) is 7.88. The molecule has 1 aromatic rings. The Morgan fingerprint density at radius 3 is 2.57 bits per heavy atom. The van der Waals surface area contributed by atoms with E-state index < -0.39 is 0 Å². The fraction of sp³-hybridized carbons (Fsp3) is 0.682. The average molecular weight is 503 g/mol. The Balaban J connectivity index is 0.00000392. The van der Waals surface area contributed by atoms with Crippen molar-refractivity contribution in [2.24, 2.45) is 10.9 Å². The Labute approximate surface area is 188 Å². The van der Waals surface area contributed by atoms with Crippen LogP contribution in [0.1, 0.15) is 44.2 Å². The summed E-state index contributed by atoms with van der Waals surface area (Å²) in [5.74, 6) is 1.45. The highest BCUT2D eigenvalue weighted by Gasteiger charge is 2.35. The third kappa shape index (κ3) is 7.87. The molecule has 6 heteroatoms. The Morgan fingerprint density at radius 2 is 1.93 bits per heavy atom. The van der Waals surface area contributed by atoms with Crippen LogP contribution in [0.2, 0.25) is 0 Å². The molecule has 1 aliphatic rings. The molecule has 1 heterocycles. The molecule has 1 saturated heterocycles. The first-order valence-electron chi connectivity index (χ1n) is 10.2. The normalized spacial score (nSPS) is 16.5. The molecule has 1 fully saturated rings. The van der Waals surface area contributed by atoms with Gasteiger partial charge < -0.3 is 20.1 Å². The number of hydrogen-bond acceptors (Lipinski definition) is 3. The van der Waals surface area contributed by atoms with Crippen molar-refractivity contribution in [1.82, 2.24) is 10.6 Å². The van der Waals surface area contributed by atoms with Crippen molar-refractivity contribution in [3.8, 4) is 0 Å². The van der Waals surface area contributed by atoms with Gasteiger partial charge in [-0.1, -0.05) is 38.1 Å². The molecule has 0 atom stereocenters. The standard InChI is InChI=1S/C22H37N3O2.HI/c1-18(2)16-27-13-7-12-24-21(23-4)25-17-22(10-14-26-15-11-22)20-9-6-5-8-19(20)3;/h5-6,8-9,18H,7,10-17H2,1-4H3,(H2,23,24,25);1H. The number of guanidine groups is 1. The lowest BCUT2D eigenvalue weighted by molar-refractivity contribution is 0.0511. The van der Waals surface area contributed by atoms with Crippen molar-refractivity contribution in [3.05, 3.63) is 35.4 Å². The zero-order chi connectivity index (χ0) is 19.5. The van der Waals surface area contributed by atoms with Gasteiger partial charge in [-0.2, -0.15) is 0 Å². The molecule has 2 rings (SSSR count). The summed E-state index contributed by atoms with van der Waals surface area (Å²) >= 11 is 0. The zero-order valence-corrected chi connectivity index (χ0v) is 20.3. The van der Waals surface area contributed by atoms with Crippen LogP contribution in [-0.4, -0.2) is 52.5 Å². The summed E-state index contributed by atoms with van der Waals surface area (Å²) in [6.45, 7) is 11.5. The van der Waals surface area contributed by atoms with E-state index in [0.717, 1.165) is 64.7 Å². The Hall–Kier alpha value is -0.860. The van der Waals surface area contributed by atoms with E-state index in [0.29, 0.717) is 5.92 Å². The van der Waals surface area contributed by atoms with Gasteiger partial charge >= 0.3 is 0 Å². The number of nitrogens with zero attached hydrogens (tertiary/aromatic N) is 1. The number of aliphatic imine (C=N–C) groups is 1. The minimum Gasteiger partial charge on any atom is -0.381 e. The van der Waals surface area contributed by atoms with Gasteiger partial charge in [0.2, 0.25) is 0 Å². The number of benzene rings is 1. The summed E-state index contributed by atoms with van der Waals surface area (Å²) < 4.78 is 11.3. The number of ether oxygens (including phenoxy) is 2. The molecular weight excluding hydrogens is 465 g/mol. The van der Waals surface area contributed by atoms with Crippen LogP contribution in [0.15, 0.2) is 29.3 Å². The molecule has 0 unspecified atom stereocenters. The second-order valence-corrected chi connectivity index (χ2v) is 7.88. The van der Waals surface area contributed by atoms with Crippen LogP contribution >= 0.6 is 24.0 Å². The maximum Gasteiger partial charge on any atom is 0.191 e. The van der Waals surface area contributed by atoms with Gasteiger partial charge in [0.1, 0.15) is 0 Å². The second kappa shape index (κ2) is 13.4. The maximum atomic E-state index is 5.65. The molecule has 0 bridgehead atoms. The Kier molecular flexibility index (Phi) is 12.0. The number of hydrogen-bond donors (Lipinski definition) is 2. The quantitative estimate of drug-likeness (QED) is 0.233. The topological polar surface area (TPSA) is 54.9 Å². The lowest BCUT2D eigenvalue weighted by Gasteiger charge is -2.39. The fourth-order valence-electron chi connectivity index (χ4n) is 3.64. The van der Waals surface area contributed by atoms with Crippen molar-refractivity contribution in [3.63, 3.8) is 0 Å². The summed E-state index contributed by atoms with van der Waals surface area (Å²) in [6.07, 6.45) is 3.04. The molecule has 1 aromatic carbocycles. The summed E-state index contributed by atoms with van der Waals surface area (Å²) in [6, 6.07) is 8.73. The first-order valence-corrected chi connectivity index (χ1v) is 10.2. The molecule has 2 N–H and O–H groups in total. The van der Waals surface area contributed by atoms with Crippen molar-refractivity contribution in [2.45, 2.75) is 45.4 Å². The van der Waals surface area contributed by atoms with Gasteiger partial charge in [-0.25, -0.2) is 0 Å². The van der Waals surface area contributed by atoms with E-state index in [4.69, 9.17) is 9.47 Å². The van der Waals surface area contributed by atoms with Gasteiger partial charge in [0.15, 0.2) is 5.96 Å². The minimum atomic E-state index is 0. The zero-order valence-electron chi connectivity index (χ0n) is 17.9. The largest absolute Gasteiger partial charge is 0.381 e. The van der Waals surface area contributed by atoms with E-state index in [9.17, 15) is 0 Å². The molecule has 0 spiro atoms. The molecule has 0 saturated carbocycles. The molecule has 160 valence electrons. The molecule has 1 aliphatic heterocycles. The Bertz CT molecular complexity index is 587. The van der Waals surface area contributed by atoms with E-state index in [1.54, 1.807) is 0 Å². The molecule has 0 aliphatic carbocycles. The molecule has 5 nitrogen and oxygen atoms in total. The monoisotopic (exact) mass is 503 g/mol. The third-order valence-electron chi connectivity index (χ3n) is 5.19. The number of nitrogens with one attached hydrogen (secondary N) is 2. The average Bonchev–Trinajstić information content (AvgIpc) is 2.67. The van der Waals surface area contributed by atoms with E-state index in [-0.39, 0.29) is 29.4 Å². The number of halogens is 1. The maximum absolute atomic E-state index is 5.65. The minimum absolute atomic E-state index is 0. The van der Waals surface area contributed by atoms with Gasteiger partial charge in [0, 0.05) is 52.0 Å². The van der Waals surface area contributed by atoms with E-state index in [1.165, 1.54) is 11.1 Å². The summed E-state index contributed by atoms with van der Waals surface area (Å²) in [5.41, 5.74) is 2.88. The number of rotatable bonds is 9. The van der Waals surface area contributed by atoms with Gasteiger partial charge in [-0.15, -0.1) is 24.0 Å². The van der Waals surface area contributed by atoms with Crippen LogP contribution in [0.5, 0.6) is 0 Å². The van der Waals surface area contributed by atoms with E-state index >= 15 is 0 Å². The Morgan fingerprint density at radius 1 is 1.21 bits per heavy atom. The highest BCUT2D eigenvalue weighted by molar-refractivity contribution is 14.0. The lowest BCUT2D eigenvalue weighted by atomic mass is 9.72. The predicted octanol–water partition coefficient (Wildman–Crippen LogP) is 3.89. The summed E-state index contributed by atoms with van der Waals surface area (Å²) in [5, 5.41) is 6.97. The fourth-order valence-corrected chi connectivity index (χ4v) is 3.64. The first kappa shape index (κ1) is 25.2. The predicted molar refractivity (Wildman–Crippen MR) is 128 cm³/mol. The first-order chi connectivity index (χ1) is 13.1. The highest BCUT2D eigenvalue weighted by Crippen LogP contribution is 2.36. The van der Waals surface area contributed by atoms with Crippen LogP contribution in [0.3, 0.4) is 0 Å². The van der Waals surface area contributed by atoms with Gasteiger partial charge in [0.25, 0.3) is 0 Å². The van der Waals surface area contributed by atoms with Gasteiger partial charge in [-0.05, 0) is 43.2 Å². The SMILES string of the molecule is CN=C(NCCCOCC(C)C)NCC1(c2ccccc2C)CCOCC1.I. The number of aryl methyl sites for hydroxylation is 1. The highest BCUT2D eigenvalue weighted by atomic mass is 127. The smallest absolute Gasteiger partial charge is 0.191 e. The molecule has 0 radical (unpaired) electrons. The lowest BCUT2D eigenvalue weighted by Crippen LogP contribution is -2.48. The van der Waals surface area contributed by atoms with Crippen molar-refractivity contribution >= 4 is 29.9 Å². The van der Waals surface area contributed by atoms with Crippen LogP contribution in [0.4, 0.5) is 0 Å². The molecule has 28 heavy (non-hydrogen) atoms. The van der Waals surface area contributed by atoms with E-state index in [1.807, 2.05) is 7.05 Å². The van der Waals surface area contributed by atoms with Crippen molar-refractivity contribution in [2.75, 3.05) is 46.6 Å². The van der Waals surface area contributed by atoms with Crippen LogP contribution in [0.25, 0.3) is 0 Å². The van der Waals surface area contributed by atoms with E-state index in [2.05, 4.69) is 60.7 Å². The molecule has 0 aromatic heterocycles. The third-order valence-corrected chi connectivity index (χ3v) is 5.19. The van der Waals surface area contributed by atoms with Crippen molar-refractivity contribution in [1.29, 1.82) is 0 Å². The van der Waals surface area contributed by atoms with Crippen LogP contribution < -0.4 is 10.6 Å². The van der Waals surface area contributed by atoms with Crippen LogP contribution in [-0.2, 0) is 14.9 Å².